The van der Waals surface area contributed by atoms with E-state index in [1.807, 2.05) is 0 Å². The molecule has 1 fully saturated rings. The molecule has 1 aliphatic heterocycles. The fourth-order valence-corrected chi connectivity index (χ4v) is 1.48. The summed E-state index contributed by atoms with van der Waals surface area (Å²) in [7, 11) is 0. The van der Waals surface area contributed by atoms with Crippen molar-refractivity contribution in [2.75, 3.05) is 19.6 Å². The third-order valence-corrected chi connectivity index (χ3v) is 2.21. The molecule has 1 saturated heterocycles. The second-order valence-electron chi connectivity index (χ2n) is 3.54. The first kappa shape index (κ1) is 11.3. The smallest absolute Gasteiger partial charge is 0.401 e. The van der Waals surface area contributed by atoms with Crippen molar-refractivity contribution in [3.63, 3.8) is 0 Å². The molecule has 1 atom stereocenters. The number of carbonyl (C=O) groups is 1. The molecule has 0 aliphatic carbocycles. The highest BCUT2D eigenvalue weighted by atomic mass is 19.4. The molecule has 1 unspecified atom stereocenters. The van der Waals surface area contributed by atoms with E-state index in [4.69, 9.17) is 10.8 Å². The molecule has 7 heteroatoms. The molecule has 0 radical (unpaired) electrons. The lowest BCUT2D eigenvalue weighted by molar-refractivity contribution is -0.148. The predicted molar refractivity (Wildman–Crippen MR) is 41.7 cm³/mol. The zero-order valence-corrected chi connectivity index (χ0v) is 7.34. The number of halogens is 3. The van der Waals surface area contributed by atoms with Gasteiger partial charge in [0.25, 0.3) is 0 Å². The Labute approximate surface area is 78.5 Å². The number of alkyl halides is 3. The molecule has 1 heterocycles. The monoisotopic (exact) mass is 212 g/mol. The molecule has 0 aromatic heterocycles. The molecule has 0 amide bonds. The third-order valence-electron chi connectivity index (χ3n) is 2.21. The van der Waals surface area contributed by atoms with Gasteiger partial charge in [0, 0.05) is 13.1 Å². The van der Waals surface area contributed by atoms with Crippen molar-refractivity contribution < 1.29 is 23.1 Å². The van der Waals surface area contributed by atoms with E-state index in [0.717, 1.165) is 4.90 Å². The quantitative estimate of drug-likeness (QED) is 0.678. The molecule has 4 nitrogen and oxygen atoms in total. The average molecular weight is 212 g/mol. The number of hydrogen-bond acceptors (Lipinski definition) is 3. The van der Waals surface area contributed by atoms with Gasteiger partial charge in [-0.15, -0.1) is 0 Å². The highest BCUT2D eigenvalue weighted by molar-refractivity contribution is 5.79. The van der Waals surface area contributed by atoms with Crippen molar-refractivity contribution in [2.45, 2.75) is 18.1 Å². The summed E-state index contributed by atoms with van der Waals surface area (Å²) in [5.41, 5.74) is 3.88. The zero-order valence-electron chi connectivity index (χ0n) is 7.34. The van der Waals surface area contributed by atoms with Crippen LogP contribution in [0.15, 0.2) is 0 Å². The van der Waals surface area contributed by atoms with Crippen LogP contribution in [-0.4, -0.2) is 47.3 Å². The van der Waals surface area contributed by atoms with E-state index in [1.165, 1.54) is 0 Å². The third kappa shape index (κ3) is 2.58. The number of aliphatic carboxylic acids is 1. The van der Waals surface area contributed by atoms with Gasteiger partial charge in [-0.2, -0.15) is 13.2 Å². The Morgan fingerprint density at radius 3 is 2.50 bits per heavy atom. The van der Waals surface area contributed by atoms with E-state index in [2.05, 4.69) is 0 Å². The first-order chi connectivity index (χ1) is 6.23. The SMILES string of the molecule is NC1(C(=O)O)CCN(CC(F)(F)F)C1. The van der Waals surface area contributed by atoms with Gasteiger partial charge in [0.05, 0.1) is 6.54 Å². The van der Waals surface area contributed by atoms with Crippen LogP contribution in [0, 0.1) is 0 Å². The van der Waals surface area contributed by atoms with Crippen molar-refractivity contribution in [3.05, 3.63) is 0 Å². The van der Waals surface area contributed by atoms with Crippen molar-refractivity contribution in [1.82, 2.24) is 4.90 Å². The summed E-state index contributed by atoms with van der Waals surface area (Å²) in [6, 6.07) is 0. The molecule has 0 saturated carbocycles. The summed E-state index contributed by atoms with van der Waals surface area (Å²) in [5.74, 6) is -1.25. The summed E-state index contributed by atoms with van der Waals surface area (Å²) in [4.78, 5) is 11.6. The molecule has 1 aliphatic rings. The molecular weight excluding hydrogens is 201 g/mol. The Hall–Kier alpha value is -0.820. The molecule has 82 valence electrons. The van der Waals surface area contributed by atoms with Crippen molar-refractivity contribution in [3.8, 4) is 0 Å². The first-order valence-corrected chi connectivity index (χ1v) is 4.04. The van der Waals surface area contributed by atoms with Gasteiger partial charge in [-0.1, -0.05) is 0 Å². The van der Waals surface area contributed by atoms with E-state index < -0.39 is 24.2 Å². The highest BCUT2D eigenvalue weighted by Crippen LogP contribution is 2.24. The average Bonchev–Trinajstić information content (AvgIpc) is 2.29. The first-order valence-electron chi connectivity index (χ1n) is 4.04. The van der Waals surface area contributed by atoms with Crippen LogP contribution in [-0.2, 0) is 4.79 Å². The topological polar surface area (TPSA) is 66.6 Å². The lowest BCUT2D eigenvalue weighted by Gasteiger charge is -2.20. The van der Waals surface area contributed by atoms with Gasteiger partial charge < -0.3 is 10.8 Å². The molecule has 3 N–H and O–H groups in total. The van der Waals surface area contributed by atoms with Crippen LogP contribution in [0.3, 0.4) is 0 Å². The largest absolute Gasteiger partial charge is 0.480 e. The summed E-state index contributed by atoms with van der Waals surface area (Å²) in [6.45, 7) is -1.27. The molecule has 1 rings (SSSR count). The van der Waals surface area contributed by atoms with Gasteiger partial charge in [-0.3, -0.25) is 9.69 Å². The minimum absolute atomic E-state index is 0.0540. The second-order valence-corrected chi connectivity index (χ2v) is 3.54. The normalized spacial score (nSPS) is 29.4. The summed E-state index contributed by atoms with van der Waals surface area (Å²) in [6.07, 6.45) is -4.25. The van der Waals surface area contributed by atoms with E-state index in [9.17, 15) is 18.0 Å². The fourth-order valence-electron chi connectivity index (χ4n) is 1.48. The number of hydrogen-bond donors (Lipinski definition) is 2. The maximum absolute atomic E-state index is 11.9. The van der Waals surface area contributed by atoms with Crippen LogP contribution in [0.4, 0.5) is 13.2 Å². The van der Waals surface area contributed by atoms with Gasteiger partial charge in [0.15, 0.2) is 0 Å². The maximum atomic E-state index is 11.9. The standard InChI is InChI=1S/C7H11F3N2O2/c8-7(9,10)4-12-2-1-6(11,3-12)5(13)14/h1-4,11H2,(H,13,14). The van der Waals surface area contributed by atoms with Crippen molar-refractivity contribution in [1.29, 1.82) is 0 Å². The number of likely N-dealkylation sites (tertiary alicyclic amines) is 1. The van der Waals surface area contributed by atoms with Gasteiger partial charge in [0.2, 0.25) is 0 Å². The predicted octanol–water partition coefficient (Wildman–Crippen LogP) is 0.0365. The number of carboxylic acids is 1. The number of nitrogens with zero attached hydrogens (tertiary/aromatic N) is 1. The van der Waals surface area contributed by atoms with Crippen LogP contribution in [0.5, 0.6) is 0 Å². The molecule has 0 aromatic rings. The van der Waals surface area contributed by atoms with E-state index in [1.54, 1.807) is 0 Å². The van der Waals surface area contributed by atoms with E-state index >= 15 is 0 Å². The molecule has 0 spiro atoms. The van der Waals surface area contributed by atoms with Crippen molar-refractivity contribution in [2.24, 2.45) is 5.73 Å². The molecule has 0 aromatic carbocycles. The highest BCUT2D eigenvalue weighted by Gasteiger charge is 2.44. The lowest BCUT2D eigenvalue weighted by atomic mass is 10.0. The molecular formula is C7H11F3N2O2. The summed E-state index contributed by atoms with van der Waals surface area (Å²) < 4.78 is 35.8. The Morgan fingerprint density at radius 1 is 1.57 bits per heavy atom. The van der Waals surface area contributed by atoms with E-state index in [0.29, 0.717) is 0 Å². The Kier molecular flexibility index (Phi) is 2.73. The van der Waals surface area contributed by atoms with Crippen LogP contribution in [0.25, 0.3) is 0 Å². The number of carboxylic acid groups (broad SMARTS) is 1. The number of rotatable bonds is 2. The van der Waals surface area contributed by atoms with Crippen LogP contribution >= 0.6 is 0 Å². The van der Waals surface area contributed by atoms with Crippen LogP contribution in [0.2, 0.25) is 0 Å². The van der Waals surface area contributed by atoms with Crippen molar-refractivity contribution >= 4 is 5.97 Å². The maximum Gasteiger partial charge on any atom is 0.401 e. The lowest BCUT2D eigenvalue weighted by Crippen LogP contribution is -2.50. The van der Waals surface area contributed by atoms with Gasteiger partial charge >= 0.3 is 12.1 Å². The van der Waals surface area contributed by atoms with Gasteiger partial charge in [-0.25, -0.2) is 0 Å². The fraction of sp³-hybridized carbons (Fsp3) is 0.857. The zero-order chi connectivity index (χ0) is 11.0. The van der Waals surface area contributed by atoms with E-state index in [-0.39, 0.29) is 19.5 Å². The second kappa shape index (κ2) is 3.39. The molecule has 0 bridgehead atoms. The summed E-state index contributed by atoms with van der Waals surface area (Å²) >= 11 is 0. The Bertz CT molecular complexity index is 244. The Balaban J connectivity index is 2.53. The number of nitrogens with two attached hydrogens (primary N) is 1. The molecule has 14 heavy (non-hydrogen) atoms. The Morgan fingerprint density at radius 2 is 2.14 bits per heavy atom. The summed E-state index contributed by atoms with van der Waals surface area (Å²) in [5, 5.41) is 8.66. The van der Waals surface area contributed by atoms with Crippen LogP contribution in [0.1, 0.15) is 6.42 Å². The minimum Gasteiger partial charge on any atom is -0.480 e. The van der Waals surface area contributed by atoms with Gasteiger partial charge in [-0.05, 0) is 6.42 Å². The minimum atomic E-state index is -4.30. The van der Waals surface area contributed by atoms with Gasteiger partial charge in [0.1, 0.15) is 5.54 Å². The van der Waals surface area contributed by atoms with Crippen LogP contribution < -0.4 is 5.73 Å².